The van der Waals surface area contributed by atoms with Crippen molar-refractivity contribution in [2.24, 2.45) is 0 Å². The van der Waals surface area contributed by atoms with Crippen LogP contribution in [0.1, 0.15) is 73.4 Å². The first kappa shape index (κ1) is 36.9. The fourth-order valence-electron chi connectivity index (χ4n) is 6.18. The quantitative estimate of drug-likeness (QED) is 0.267. The molecular weight excluding hydrogens is 655 g/mol. The predicted molar refractivity (Wildman–Crippen MR) is 183 cm³/mol. The van der Waals surface area contributed by atoms with Crippen molar-refractivity contribution < 1.29 is 27.5 Å². The fraction of sp³-hybridized carbons (Fsp3) is 0.576. The van der Waals surface area contributed by atoms with Crippen LogP contribution in [0.5, 0.6) is 0 Å². The van der Waals surface area contributed by atoms with Crippen molar-refractivity contribution in [1.29, 1.82) is 0 Å². The van der Waals surface area contributed by atoms with E-state index in [0.717, 1.165) is 39.1 Å². The Balaban J connectivity index is 1.41. The molecule has 0 bridgehead atoms. The van der Waals surface area contributed by atoms with Gasteiger partial charge < -0.3 is 26.0 Å². The third kappa shape index (κ3) is 8.68. The summed E-state index contributed by atoms with van der Waals surface area (Å²) in [7, 11) is 0. The fourth-order valence-corrected chi connectivity index (χ4v) is 6.18. The molecule has 1 atom stereocenters. The first-order chi connectivity index (χ1) is 23.7. The molecule has 2 aliphatic heterocycles. The van der Waals surface area contributed by atoms with Crippen LogP contribution in [-0.4, -0.2) is 118 Å². The lowest BCUT2D eigenvalue weighted by Crippen LogP contribution is -2.51. The summed E-state index contributed by atoms with van der Waals surface area (Å²) in [6.07, 6.45) is -2.75. The largest absolute Gasteiger partial charge is 0.435 e. The molecule has 2 aliphatic rings. The first-order valence-corrected chi connectivity index (χ1v) is 16.9. The van der Waals surface area contributed by atoms with Crippen LogP contribution in [-0.2, 0) is 16.3 Å². The van der Waals surface area contributed by atoms with E-state index in [1.165, 1.54) is 10.9 Å². The minimum atomic E-state index is -4.97. The number of nitrogens with zero attached hydrogens (tertiary/aromatic N) is 8. The van der Waals surface area contributed by atoms with E-state index in [1.807, 2.05) is 0 Å². The van der Waals surface area contributed by atoms with Crippen molar-refractivity contribution in [3.63, 3.8) is 0 Å². The topological polar surface area (TPSA) is 160 Å². The van der Waals surface area contributed by atoms with Crippen molar-refractivity contribution in [3.05, 3.63) is 47.2 Å². The molecule has 4 heterocycles. The zero-order valence-corrected chi connectivity index (χ0v) is 29.2. The molecule has 0 unspecified atom stereocenters. The zero-order chi connectivity index (χ0) is 36.2. The maximum Gasteiger partial charge on any atom is 0.435 e. The van der Waals surface area contributed by atoms with E-state index in [4.69, 9.17) is 10.5 Å². The van der Waals surface area contributed by atoms with Gasteiger partial charge in [-0.3, -0.25) is 19.4 Å². The molecule has 2 fully saturated rings. The lowest BCUT2D eigenvalue weighted by Gasteiger charge is -2.41. The summed E-state index contributed by atoms with van der Waals surface area (Å²) < 4.78 is 49.6. The summed E-state index contributed by atoms with van der Waals surface area (Å²) in [6.45, 7) is 16.5. The van der Waals surface area contributed by atoms with Gasteiger partial charge in [0.15, 0.2) is 17.1 Å². The molecule has 0 spiro atoms. The molecule has 5 rings (SSSR count). The molecular formula is C33H46F3N11O3. The van der Waals surface area contributed by atoms with Crippen LogP contribution in [0.4, 0.5) is 30.4 Å². The number of hydrogen-bond donors (Lipinski definition) is 3. The summed E-state index contributed by atoms with van der Waals surface area (Å²) in [4.78, 5) is 40.9. The number of piperazine rings is 1. The number of rotatable bonds is 10. The number of morpholine rings is 1. The van der Waals surface area contributed by atoms with Crippen molar-refractivity contribution in [3.8, 4) is 5.69 Å². The zero-order valence-electron chi connectivity index (χ0n) is 29.2. The second kappa shape index (κ2) is 15.3. The second-order valence-corrected chi connectivity index (χ2v) is 13.6. The Kier molecular flexibility index (Phi) is 11.3. The van der Waals surface area contributed by atoms with Crippen molar-refractivity contribution in [1.82, 2.24) is 40.1 Å². The molecule has 1 aromatic carbocycles. The highest BCUT2D eigenvalue weighted by atomic mass is 19.4. The highest BCUT2D eigenvalue weighted by Crippen LogP contribution is 2.36. The Labute approximate surface area is 289 Å². The lowest BCUT2D eigenvalue weighted by molar-refractivity contribution is -0.141. The lowest BCUT2D eigenvalue weighted by atomic mass is 9.91. The number of carbonyl (C=O) groups is 2. The number of likely N-dealkylation sites (N-methyl/N-ethyl adjacent to an activating group) is 1. The summed E-state index contributed by atoms with van der Waals surface area (Å²) in [5.74, 6) is -1.77. The maximum atomic E-state index is 14.3. The number of nitrogen functional groups attached to an aromatic ring is 1. The van der Waals surface area contributed by atoms with Gasteiger partial charge in [0.05, 0.1) is 42.2 Å². The van der Waals surface area contributed by atoms with Gasteiger partial charge in [-0.05, 0) is 44.6 Å². The molecule has 272 valence electrons. The number of nitrogens with one attached hydrogen (secondary N) is 2. The molecule has 0 radical (unpaired) electrons. The molecule has 0 saturated carbocycles. The van der Waals surface area contributed by atoms with Gasteiger partial charge in [0.2, 0.25) is 0 Å². The Morgan fingerprint density at radius 2 is 1.78 bits per heavy atom. The number of halogens is 3. The number of carbonyl (C=O) groups excluding carboxylic acids is 2. The minimum Gasteiger partial charge on any atom is -0.382 e. The standard InChI is InChI=1S/C33H46F3N11O3/c1-6-45-12-13-46(19-21(45)2)25-9-8-22(47-20-24(42-43-47)30(48)38-10-7-11-44-14-16-50-17-15-44)18-23(25)39-31(49)26-27(33(34,35)36)41-28(29(37)40-26)32(3,4)5/h8-9,18,20-21H,6-7,10-17,19H2,1-5H3,(H2,37,40)(H,38,48)(H,39,49)/t21-/m0/s1. The van der Waals surface area contributed by atoms with Gasteiger partial charge in [-0.15, -0.1) is 5.10 Å². The number of benzene rings is 1. The molecule has 2 aromatic heterocycles. The smallest absolute Gasteiger partial charge is 0.382 e. The summed E-state index contributed by atoms with van der Waals surface area (Å²) >= 11 is 0. The Morgan fingerprint density at radius 3 is 2.44 bits per heavy atom. The summed E-state index contributed by atoms with van der Waals surface area (Å²) in [5, 5.41) is 13.7. The molecule has 2 amide bonds. The van der Waals surface area contributed by atoms with Gasteiger partial charge >= 0.3 is 6.18 Å². The maximum absolute atomic E-state index is 14.3. The number of anilines is 3. The van der Waals surface area contributed by atoms with E-state index in [2.05, 4.69) is 59.5 Å². The van der Waals surface area contributed by atoms with E-state index in [1.54, 1.807) is 39.0 Å². The van der Waals surface area contributed by atoms with Gasteiger partial charge in [0.25, 0.3) is 11.8 Å². The Bertz CT molecular complexity index is 1670. The molecule has 3 aromatic rings. The highest BCUT2D eigenvalue weighted by molar-refractivity contribution is 6.06. The van der Waals surface area contributed by atoms with Gasteiger partial charge in [-0.2, -0.15) is 13.2 Å². The van der Waals surface area contributed by atoms with Crippen LogP contribution >= 0.6 is 0 Å². The van der Waals surface area contributed by atoms with Gasteiger partial charge in [-0.25, -0.2) is 14.6 Å². The highest BCUT2D eigenvalue weighted by Gasteiger charge is 2.41. The Morgan fingerprint density at radius 1 is 1.04 bits per heavy atom. The molecule has 0 aliphatic carbocycles. The summed E-state index contributed by atoms with van der Waals surface area (Å²) in [6, 6.07) is 5.28. The third-order valence-corrected chi connectivity index (χ3v) is 8.89. The van der Waals surface area contributed by atoms with Crippen LogP contribution in [0.3, 0.4) is 0 Å². The molecule has 50 heavy (non-hydrogen) atoms. The number of aromatic nitrogens is 5. The number of amides is 2. The van der Waals surface area contributed by atoms with Crippen molar-refractivity contribution >= 4 is 29.0 Å². The average Bonchev–Trinajstić information content (AvgIpc) is 3.56. The van der Waals surface area contributed by atoms with Crippen LogP contribution in [0.25, 0.3) is 5.69 Å². The van der Waals surface area contributed by atoms with Gasteiger partial charge in [0.1, 0.15) is 5.82 Å². The van der Waals surface area contributed by atoms with Gasteiger partial charge in [-0.1, -0.05) is 32.9 Å². The van der Waals surface area contributed by atoms with E-state index in [-0.39, 0.29) is 34.8 Å². The van der Waals surface area contributed by atoms with E-state index >= 15 is 0 Å². The number of nitrogens with two attached hydrogens (primary N) is 1. The molecule has 4 N–H and O–H groups in total. The molecule has 17 heteroatoms. The second-order valence-electron chi connectivity index (χ2n) is 13.6. The van der Waals surface area contributed by atoms with E-state index in [9.17, 15) is 22.8 Å². The van der Waals surface area contributed by atoms with Crippen molar-refractivity contribution in [2.75, 3.05) is 81.5 Å². The Hall–Kier alpha value is -4.35. The monoisotopic (exact) mass is 701 g/mol. The van der Waals surface area contributed by atoms with E-state index < -0.39 is 28.9 Å². The third-order valence-electron chi connectivity index (χ3n) is 8.89. The number of ether oxygens (including phenoxy) is 1. The minimum absolute atomic E-state index is 0.0602. The van der Waals surface area contributed by atoms with Crippen LogP contribution in [0.2, 0.25) is 0 Å². The van der Waals surface area contributed by atoms with Crippen LogP contribution < -0.4 is 21.3 Å². The number of hydrogen-bond acceptors (Lipinski definition) is 11. The SMILES string of the molecule is CCN1CCN(c2ccc(-n3cc(C(=O)NCCCN4CCOCC4)nn3)cc2NC(=O)c2nc(N)c(C(C)(C)C)nc2C(F)(F)F)C[C@@H]1C. The van der Waals surface area contributed by atoms with Gasteiger partial charge in [0, 0.05) is 50.7 Å². The average molecular weight is 702 g/mol. The number of alkyl halides is 3. The van der Waals surface area contributed by atoms with E-state index in [0.29, 0.717) is 44.2 Å². The summed E-state index contributed by atoms with van der Waals surface area (Å²) in [5.41, 5.74) is 4.13. The molecule has 14 nitrogen and oxygen atoms in total. The molecule has 2 saturated heterocycles. The van der Waals surface area contributed by atoms with Crippen LogP contribution in [0.15, 0.2) is 24.4 Å². The van der Waals surface area contributed by atoms with Crippen molar-refractivity contribution in [2.45, 2.75) is 58.7 Å². The van der Waals surface area contributed by atoms with Crippen LogP contribution in [0, 0.1) is 0 Å². The normalized spacial score (nSPS) is 17.9. The predicted octanol–water partition coefficient (Wildman–Crippen LogP) is 3.19. The first-order valence-electron chi connectivity index (χ1n) is 16.9.